The minimum Gasteiger partial charge on any atom is -0.356 e. The summed E-state index contributed by atoms with van der Waals surface area (Å²) < 4.78 is 12.9. The topological polar surface area (TPSA) is 39.7 Å². The third-order valence-electron chi connectivity index (χ3n) is 4.76. The van der Waals surface area contributed by atoms with Crippen LogP contribution in [0.1, 0.15) is 33.1 Å². The zero-order valence-electron chi connectivity index (χ0n) is 16.7. The molecule has 1 saturated heterocycles. The van der Waals surface area contributed by atoms with Gasteiger partial charge in [-0.3, -0.25) is 4.99 Å². The van der Waals surface area contributed by atoms with Crippen LogP contribution in [0.2, 0.25) is 0 Å². The SMILES string of the molecule is CN=C(NCCCSc1ccc(F)cc1)NCC1CCCN(C(C)C)C1.I. The maximum atomic E-state index is 12.9. The molecule has 2 N–H and O–H groups in total. The van der Waals surface area contributed by atoms with E-state index in [1.165, 1.54) is 38.1 Å². The average molecular weight is 508 g/mol. The van der Waals surface area contributed by atoms with E-state index in [1.54, 1.807) is 11.8 Å². The lowest BCUT2D eigenvalue weighted by Gasteiger charge is -2.35. The van der Waals surface area contributed by atoms with Crippen LogP contribution in [0, 0.1) is 11.7 Å². The van der Waals surface area contributed by atoms with E-state index in [4.69, 9.17) is 0 Å². The Morgan fingerprint density at radius 2 is 2.04 bits per heavy atom. The Hall–Kier alpha value is -0.540. The first-order chi connectivity index (χ1) is 12.6. The van der Waals surface area contributed by atoms with Gasteiger partial charge < -0.3 is 15.5 Å². The van der Waals surface area contributed by atoms with E-state index in [-0.39, 0.29) is 29.8 Å². The lowest BCUT2D eigenvalue weighted by Crippen LogP contribution is -2.46. The molecule has 1 aliphatic heterocycles. The molecule has 1 aliphatic rings. The first-order valence-corrected chi connectivity index (χ1v) is 10.6. The number of benzene rings is 1. The Morgan fingerprint density at radius 3 is 2.70 bits per heavy atom. The maximum Gasteiger partial charge on any atom is 0.190 e. The van der Waals surface area contributed by atoms with Gasteiger partial charge >= 0.3 is 0 Å². The molecule has 0 amide bonds. The summed E-state index contributed by atoms with van der Waals surface area (Å²) in [6.45, 7) is 8.83. The Kier molecular flexibility index (Phi) is 12.3. The molecule has 1 aromatic carbocycles. The van der Waals surface area contributed by atoms with Gasteiger partial charge in [-0.15, -0.1) is 35.7 Å². The molecule has 4 nitrogen and oxygen atoms in total. The van der Waals surface area contributed by atoms with Gasteiger partial charge in [-0.2, -0.15) is 0 Å². The Bertz CT molecular complexity index is 553. The minimum atomic E-state index is -0.180. The van der Waals surface area contributed by atoms with Crippen molar-refractivity contribution in [2.45, 2.75) is 44.0 Å². The number of hydrogen-bond donors (Lipinski definition) is 2. The third kappa shape index (κ3) is 9.47. The van der Waals surface area contributed by atoms with Gasteiger partial charge in [-0.25, -0.2) is 4.39 Å². The van der Waals surface area contributed by atoms with Gasteiger partial charge in [0.15, 0.2) is 5.96 Å². The number of piperidine rings is 1. The fourth-order valence-corrected chi connectivity index (χ4v) is 4.05. The molecule has 0 saturated carbocycles. The van der Waals surface area contributed by atoms with E-state index in [9.17, 15) is 4.39 Å². The van der Waals surface area contributed by atoms with Gasteiger partial charge in [0, 0.05) is 37.6 Å². The molecule has 2 rings (SSSR count). The summed E-state index contributed by atoms with van der Waals surface area (Å²) in [5.74, 6) is 2.40. The lowest BCUT2D eigenvalue weighted by molar-refractivity contribution is 0.141. The van der Waals surface area contributed by atoms with Crippen molar-refractivity contribution in [2.24, 2.45) is 10.9 Å². The standard InChI is InChI=1S/C20H33FN4S.HI/c1-16(2)25-12-4-6-17(15-25)14-24-20(22-3)23-11-5-13-26-19-9-7-18(21)8-10-19;/h7-10,16-17H,4-6,11-15H2,1-3H3,(H2,22,23,24);1H. The van der Waals surface area contributed by atoms with Crippen molar-refractivity contribution < 1.29 is 4.39 Å². The molecule has 1 fully saturated rings. The second-order valence-corrected chi connectivity index (χ2v) is 8.30. The molecule has 0 aliphatic carbocycles. The molecule has 1 unspecified atom stereocenters. The van der Waals surface area contributed by atoms with Crippen molar-refractivity contribution in [1.29, 1.82) is 0 Å². The largest absolute Gasteiger partial charge is 0.356 e. The lowest BCUT2D eigenvalue weighted by atomic mass is 9.97. The molecular formula is C20H34FIN4S. The summed E-state index contributed by atoms with van der Waals surface area (Å²) in [7, 11) is 1.82. The van der Waals surface area contributed by atoms with E-state index in [2.05, 4.69) is 34.4 Å². The van der Waals surface area contributed by atoms with Crippen LogP contribution in [0.3, 0.4) is 0 Å². The fourth-order valence-electron chi connectivity index (χ4n) is 3.19. The van der Waals surface area contributed by atoms with Crippen LogP contribution >= 0.6 is 35.7 Å². The first-order valence-electron chi connectivity index (χ1n) is 9.65. The predicted octanol–water partition coefficient (Wildman–Crippen LogP) is 4.21. The van der Waals surface area contributed by atoms with E-state index in [0.717, 1.165) is 36.1 Å². The van der Waals surface area contributed by atoms with Crippen LogP contribution in [0.15, 0.2) is 34.2 Å². The van der Waals surface area contributed by atoms with Gasteiger partial charge in [0.1, 0.15) is 5.82 Å². The zero-order chi connectivity index (χ0) is 18.8. The van der Waals surface area contributed by atoms with Crippen molar-refractivity contribution in [2.75, 3.05) is 39.0 Å². The Morgan fingerprint density at radius 1 is 1.30 bits per heavy atom. The average Bonchev–Trinajstić information content (AvgIpc) is 2.65. The highest BCUT2D eigenvalue weighted by molar-refractivity contribution is 14.0. The van der Waals surface area contributed by atoms with Crippen LogP contribution < -0.4 is 10.6 Å². The molecular weight excluding hydrogens is 474 g/mol. The van der Waals surface area contributed by atoms with Gasteiger partial charge in [-0.05, 0) is 75.6 Å². The molecule has 7 heteroatoms. The number of rotatable bonds is 8. The summed E-state index contributed by atoms with van der Waals surface area (Å²) in [6, 6.07) is 7.32. The molecule has 1 aromatic rings. The second kappa shape index (κ2) is 13.6. The van der Waals surface area contributed by atoms with Crippen LogP contribution in [-0.4, -0.2) is 55.9 Å². The number of likely N-dealkylation sites (tertiary alicyclic amines) is 1. The maximum absolute atomic E-state index is 12.9. The van der Waals surface area contributed by atoms with Crippen LogP contribution in [0.25, 0.3) is 0 Å². The van der Waals surface area contributed by atoms with Gasteiger partial charge in [0.2, 0.25) is 0 Å². The minimum absolute atomic E-state index is 0. The van der Waals surface area contributed by atoms with Crippen molar-refractivity contribution in [1.82, 2.24) is 15.5 Å². The second-order valence-electron chi connectivity index (χ2n) is 7.13. The first kappa shape index (κ1) is 24.5. The Labute approximate surface area is 185 Å². The summed E-state index contributed by atoms with van der Waals surface area (Å²) in [6.07, 6.45) is 3.62. The summed E-state index contributed by atoms with van der Waals surface area (Å²) >= 11 is 1.75. The molecule has 154 valence electrons. The number of aliphatic imine (C=N–C) groups is 1. The fraction of sp³-hybridized carbons (Fsp3) is 0.650. The number of thioether (sulfide) groups is 1. The van der Waals surface area contributed by atoms with Gasteiger partial charge in [0.05, 0.1) is 0 Å². The number of halogens is 2. The predicted molar refractivity (Wildman–Crippen MR) is 126 cm³/mol. The van der Waals surface area contributed by atoms with E-state index >= 15 is 0 Å². The highest BCUT2D eigenvalue weighted by Crippen LogP contribution is 2.19. The van der Waals surface area contributed by atoms with Crippen molar-refractivity contribution >= 4 is 41.7 Å². The number of nitrogens with zero attached hydrogens (tertiary/aromatic N) is 2. The van der Waals surface area contributed by atoms with Crippen molar-refractivity contribution in [3.63, 3.8) is 0 Å². The number of guanidine groups is 1. The smallest absolute Gasteiger partial charge is 0.190 e. The van der Waals surface area contributed by atoms with Crippen molar-refractivity contribution in [3.05, 3.63) is 30.1 Å². The highest BCUT2D eigenvalue weighted by Gasteiger charge is 2.21. The summed E-state index contributed by atoms with van der Waals surface area (Å²) in [5, 5.41) is 6.87. The van der Waals surface area contributed by atoms with Crippen LogP contribution in [0.4, 0.5) is 4.39 Å². The highest BCUT2D eigenvalue weighted by atomic mass is 127. The quantitative estimate of drug-likeness (QED) is 0.182. The molecule has 0 aromatic heterocycles. The molecule has 1 atom stereocenters. The normalized spacial score (nSPS) is 18.3. The van der Waals surface area contributed by atoms with Crippen molar-refractivity contribution in [3.8, 4) is 0 Å². The summed E-state index contributed by atoms with van der Waals surface area (Å²) in [5.41, 5.74) is 0. The molecule has 0 spiro atoms. The number of nitrogens with one attached hydrogen (secondary N) is 2. The molecule has 0 radical (unpaired) electrons. The van der Waals surface area contributed by atoms with E-state index in [1.807, 2.05) is 19.2 Å². The zero-order valence-corrected chi connectivity index (χ0v) is 19.9. The third-order valence-corrected chi connectivity index (χ3v) is 5.86. The molecule has 1 heterocycles. The summed E-state index contributed by atoms with van der Waals surface area (Å²) in [4.78, 5) is 8.00. The monoisotopic (exact) mass is 508 g/mol. The Balaban J connectivity index is 0.00000364. The molecule has 27 heavy (non-hydrogen) atoms. The van der Waals surface area contributed by atoms with E-state index in [0.29, 0.717) is 12.0 Å². The van der Waals surface area contributed by atoms with Crippen LogP contribution in [0.5, 0.6) is 0 Å². The van der Waals surface area contributed by atoms with Gasteiger partial charge in [-0.1, -0.05) is 0 Å². The van der Waals surface area contributed by atoms with Crippen LogP contribution in [-0.2, 0) is 0 Å². The molecule has 0 bridgehead atoms. The van der Waals surface area contributed by atoms with E-state index < -0.39 is 0 Å². The van der Waals surface area contributed by atoms with Gasteiger partial charge in [0.25, 0.3) is 0 Å². The number of hydrogen-bond acceptors (Lipinski definition) is 3.